The van der Waals surface area contributed by atoms with Gasteiger partial charge in [-0.15, -0.1) is 0 Å². The Morgan fingerprint density at radius 2 is 1.84 bits per heavy atom. The van der Waals surface area contributed by atoms with Gasteiger partial charge in [-0.2, -0.15) is 5.10 Å². The number of aryl methyl sites for hydroxylation is 2. The number of rotatable bonds is 8. The van der Waals surface area contributed by atoms with Crippen LogP contribution >= 0.6 is 0 Å². The van der Waals surface area contributed by atoms with Crippen molar-refractivity contribution in [2.45, 2.75) is 59.7 Å². The molecule has 2 N–H and O–H groups in total. The van der Waals surface area contributed by atoms with Crippen molar-refractivity contribution in [3.63, 3.8) is 0 Å². The Balaban J connectivity index is 1.64. The molecular formula is C24H33N5O3. The summed E-state index contributed by atoms with van der Waals surface area (Å²) in [6.45, 7) is 10.1. The van der Waals surface area contributed by atoms with Gasteiger partial charge in [0.2, 0.25) is 5.91 Å². The van der Waals surface area contributed by atoms with Gasteiger partial charge in [-0.3, -0.25) is 19.1 Å². The average molecular weight is 440 g/mol. The molecule has 3 amide bonds. The van der Waals surface area contributed by atoms with E-state index in [0.717, 1.165) is 18.4 Å². The van der Waals surface area contributed by atoms with Gasteiger partial charge in [-0.05, 0) is 38.2 Å². The Hall–Kier alpha value is -3.16. The van der Waals surface area contributed by atoms with Crippen molar-refractivity contribution in [2.75, 3.05) is 13.1 Å². The van der Waals surface area contributed by atoms with Crippen LogP contribution in [-0.2, 0) is 17.9 Å². The summed E-state index contributed by atoms with van der Waals surface area (Å²) >= 11 is 0. The normalized spacial score (nSPS) is 14.7. The van der Waals surface area contributed by atoms with E-state index in [9.17, 15) is 14.4 Å². The minimum Gasteiger partial charge on any atom is -0.354 e. The van der Waals surface area contributed by atoms with E-state index >= 15 is 0 Å². The summed E-state index contributed by atoms with van der Waals surface area (Å²) in [5, 5.41) is 9.84. The molecule has 0 aliphatic carbocycles. The molecule has 0 bridgehead atoms. The van der Waals surface area contributed by atoms with Crippen molar-refractivity contribution in [1.82, 2.24) is 25.3 Å². The van der Waals surface area contributed by atoms with Crippen LogP contribution in [0.3, 0.4) is 0 Å². The van der Waals surface area contributed by atoms with E-state index in [-0.39, 0.29) is 17.5 Å². The van der Waals surface area contributed by atoms with Crippen LogP contribution in [0, 0.1) is 12.8 Å². The number of hydrogen-bond acceptors (Lipinski definition) is 4. The van der Waals surface area contributed by atoms with Gasteiger partial charge in [0.05, 0.1) is 0 Å². The molecule has 1 aromatic carbocycles. The number of amides is 3. The highest BCUT2D eigenvalue weighted by Gasteiger charge is 2.27. The summed E-state index contributed by atoms with van der Waals surface area (Å²) in [5.74, 6) is -0.353. The highest BCUT2D eigenvalue weighted by atomic mass is 16.2. The second-order valence-corrected chi connectivity index (χ2v) is 8.87. The highest BCUT2D eigenvalue weighted by Crippen LogP contribution is 2.17. The first-order valence-electron chi connectivity index (χ1n) is 11.3. The zero-order valence-corrected chi connectivity index (χ0v) is 19.4. The molecule has 2 aromatic rings. The molecule has 172 valence electrons. The molecule has 32 heavy (non-hydrogen) atoms. The molecule has 1 aromatic heterocycles. The van der Waals surface area contributed by atoms with Crippen LogP contribution in [-0.4, -0.2) is 51.5 Å². The number of benzene rings is 1. The maximum absolute atomic E-state index is 13.1. The molecule has 1 unspecified atom stereocenters. The lowest BCUT2D eigenvalue weighted by Crippen LogP contribution is -2.45. The summed E-state index contributed by atoms with van der Waals surface area (Å²) in [4.78, 5) is 39.8. The van der Waals surface area contributed by atoms with E-state index in [2.05, 4.69) is 29.6 Å². The third-order valence-electron chi connectivity index (χ3n) is 5.57. The lowest BCUT2D eigenvalue weighted by molar-refractivity contribution is -0.122. The second kappa shape index (κ2) is 10.4. The third-order valence-corrected chi connectivity index (χ3v) is 5.57. The number of nitrogens with zero attached hydrogens (tertiary/aromatic N) is 3. The minimum absolute atomic E-state index is 0.144. The van der Waals surface area contributed by atoms with Crippen LogP contribution in [0.5, 0.6) is 0 Å². The highest BCUT2D eigenvalue weighted by molar-refractivity contribution is 5.99. The predicted molar refractivity (Wildman–Crippen MR) is 122 cm³/mol. The van der Waals surface area contributed by atoms with Crippen molar-refractivity contribution < 1.29 is 14.4 Å². The molecule has 1 aliphatic heterocycles. The van der Waals surface area contributed by atoms with Crippen molar-refractivity contribution in [3.05, 3.63) is 52.8 Å². The number of hydrogen-bond donors (Lipinski definition) is 2. The van der Waals surface area contributed by atoms with E-state index in [1.54, 1.807) is 16.5 Å². The lowest BCUT2D eigenvalue weighted by Gasteiger charge is -2.20. The topological polar surface area (TPSA) is 96.3 Å². The van der Waals surface area contributed by atoms with Crippen molar-refractivity contribution in [3.8, 4) is 0 Å². The first-order valence-corrected chi connectivity index (χ1v) is 11.3. The average Bonchev–Trinajstić information content (AvgIpc) is 3.12. The third kappa shape index (κ3) is 5.96. The van der Waals surface area contributed by atoms with E-state index in [1.807, 2.05) is 31.2 Å². The molecule has 0 saturated heterocycles. The molecule has 2 heterocycles. The fourth-order valence-corrected chi connectivity index (χ4v) is 3.58. The van der Waals surface area contributed by atoms with Gasteiger partial charge in [0, 0.05) is 32.2 Å². The summed E-state index contributed by atoms with van der Waals surface area (Å²) < 4.78 is 1.60. The minimum atomic E-state index is -0.690. The zero-order valence-electron chi connectivity index (χ0n) is 19.4. The largest absolute Gasteiger partial charge is 0.354 e. The van der Waals surface area contributed by atoms with Crippen molar-refractivity contribution >= 4 is 17.7 Å². The quantitative estimate of drug-likeness (QED) is 0.661. The van der Waals surface area contributed by atoms with Gasteiger partial charge < -0.3 is 15.5 Å². The van der Waals surface area contributed by atoms with Gasteiger partial charge in [-0.1, -0.05) is 43.7 Å². The number of aromatic nitrogens is 2. The fourth-order valence-electron chi connectivity index (χ4n) is 3.58. The van der Waals surface area contributed by atoms with Crippen LogP contribution in [0.4, 0.5) is 0 Å². The SMILES string of the molecule is Cc1ccc(CN2CCCn3nc(C(=O)NC(C)C(=O)NCCC(C)C)cc3C2=O)cc1. The Morgan fingerprint density at radius 1 is 1.12 bits per heavy atom. The van der Waals surface area contributed by atoms with Gasteiger partial charge in [0.1, 0.15) is 11.7 Å². The fraction of sp³-hybridized carbons (Fsp3) is 0.500. The van der Waals surface area contributed by atoms with Crippen LogP contribution < -0.4 is 10.6 Å². The van der Waals surface area contributed by atoms with Crippen molar-refractivity contribution in [2.24, 2.45) is 5.92 Å². The molecule has 0 radical (unpaired) electrons. The monoisotopic (exact) mass is 439 g/mol. The predicted octanol–water partition coefficient (Wildman–Crippen LogP) is 2.52. The van der Waals surface area contributed by atoms with E-state index in [4.69, 9.17) is 0 Å². The first-order chi connectivity index (χ1) is 15.2. The van der Waals surface area contributed by atoms with E-state index in [0.29, 0.717) is 37.8 Å². The smallest absolute Gasteiger partial charge is 0.272 e. The maximum Gasteiger partial charge on any atom is 0.272 e. The Kier molecular flexibility index (Phi) is 7.66. The Bertz CT molecular complexity index is 965. The van der Waals surface area contributed by atoms with Gasteiger partial charge in [0.15, 0.2) is 5.69 Å². The molecule has 0 spiro atoms. The van der Waals surface area contributed by atoms with Crippen LogP contribution in [0.1, 0.15) is 65.7 Å². The van der Waals surface area contributed by atoms with E-state index in [1.165, 1.54) is 11.6 Å². The maximum atomic E-state index is 13.1. The standard InChI is InChI=1S/C24H33N5O3/c1-16(2)10-11-25-22(30)18(4)26-23(31)20-14-21-24(32)28(12-5-13-29(21)27-20)15-19-8-6-17(3)7-9-19/h6-9,14,16,18H,5,10-13,15H2,1-4H3,(H,25,30)(H,26,31). The molecule has 0 fully saturated rings. The summed E-state index contributed by atoms with van der Waals surface area (Å²) in [5.41, 5.74) is 2.78. The number of fused-ring (bicyclic) bond motifs is 1. The molecular weight excluding hydrogens is 406 g/mol. The second-order valence-electron chi connectivity index (χ2n) is 8.87. The number of nitrogens with one attached hydrogen (secondary N) is 2. The molecule has 8 heteroatoms. The molecule has 1 aliphatic rings. The number of carbonyl (C=O) groups is 3. The van der Waals surface area contributed by atoms with Gasteiger partial charge >= 0.3 is 0 Å². The zero-order chi connectivity index (χ0) is 23.3. The Labute approximate surface area is 189 Å². The molecule has 0 saturated carbocycles. The summed E-state index contributed by atoms with van der Waals surface area (Å²) in [7, 11) is 0. The van der Waals surface area contributed by atoms with Crippen LogP contribution in [0.25, 0.3) is 0 Å². The number of carbonyl (C=O) groups excluding carboxylic acids is 3. The van der Waals surface area contributed by atoms with Gasteiger partial charge in [0.25, 0.3) is 11.8 Å². The van der Waals surface area contributed by atoms with Crippen molar-refractivity contribution in [1.29, 1.82) is 0 Å². The van der Waals surface area contributed by atoms with Gasteiger partial charge in [-0.25, -0.2) is 0 Å². The summed E-state index contributed by atoms with van der Waals surface area (Å²) in [6, 6.07) is 8.95. The van der Waals surface area contributed by atoms with Crippen LogP contribution in [0.2, 0.25) is 0 Å². The molecule has 1 atom stereocenters. The summed E-state index contributed by atoms with van der Waals surface area (Å²) in [6.07, 6.45) is 1.63. The van der Waals surface area contributed by atoms with E-state index < -0.39 is 11.9 Å². The molecule has 3 rings (SSSR count). The molecule has 8 nitrogen and oxygen atoms in total. The lowest BCUT2D eigenvalue weighted by atomic mass is 10.1. The Morgan fingerprint density at radius 3 is 2.53 bits per heavy atom. The first kappa shape index (κ1) is 23.5. The van der Waals surface area contributed by atoms with Crippen LogP contribution in [0.15, 0.2) is 30.3 Å².